The van der Waals surface area contributed by atoms with Crippen molar-refractivity contribution in [2.75, 3.05) is 7.05 Å². The van der Waals surface area contributed by atoms with E-state index in [4.69, 9.17) is 5.73 Å². The van der Waals surface area contributed by atoms with Crippen molar-refractivity contribution < 1.29 is 4.79 Å². The van der Waals surface area contributed by atoms with Gasteiger partial charge in [-0.3, -0.25) is 0 Å². The molecule has 0 saturated heterocycles. The quantitative estimate of drug-likeness (QED) is 0.721. The second-order valence-electron chi connectivity index (χ2n) is 3.06. The molecule has 0 radical (unpaired) electrons. The third-order valence-electron chi connectivity index (χ3n) is 1.87. The fourth-order valence-corrected chi connectivity index (χ4v) is 1.17. The molecule has 15 heavy (non-hydrogen) atoms. The molecule has 0 aliphatic heterocycles. The summed E-state index contributed by atoms with van der Waals surface area (Å²) in [7, 11) is 1.91. The fourth-order valence-electron chi connectivity index (χ4n) is 1.17. The van der Waals surface area contributed by atoms with Crippen molar-refractivity contribution >= 4 is 18.4 Å². The van der Waals surface area contributed by atoms with E-state index in [1.54, 1.807) is 0 Å². The minimum atomic E-state index is -0.496. The molecule has 1 aromatic carbocycles. The van der Waals surface area contributed by atoms with Crippen molar-refractivity contribution in [3.63, 3.8) is 0 Å². The summed E-state index contributed by atoms with van der Waals surface area (Å²) in [6, 6.07) is 7.50. The molecule has 4 N–H and O–H groups in total. The van der Waals surface area contributed by atoms with Gasteiger partial charge in [0.1, 0.15) is 0 Å². The van der Waals surface area contributed by atoms with Gasteiger partial charge in [-0.25, -0.2) is 4.79 Å². The lowest BCUT2D eigenvalue weighted by atomic mass is 10.1. The summed E-state index contributed by atoms with van der Waals surface area (Å²) in [5, 5.41) is 5.60. The van der Waals surface area contributed by atoms with Gasteiger partial charge in [-0.1, -0.05) is 24.3 Å². The number of carbonyl (C=O) groups is 1. The minimum absolute atomic E-state index is 0. The molecule has 0 aromatic heterocycles. The summed E-state index contributed by atoms with van der Waals surface area (Å²) in [5.41, 5.74) is 7.22. The maximum Gasteiger partial charge on any atom is 0.312 e. The van der Waals surface area contributed by atoms with Gasteiger partial charge in [0.15, 0.2) is 0 Å². The van der Waals surface area contributed by atoms with E-state index >= 15 is 0 Å². The molecular formula is C10H16ClN3O. The zero-order valence-electron chi connectivity index (χ0n) is 8.62. The summed E-state index contributed by atoms with van der Waals surface area (Å²) >= 11 is 0. The highest BCUT2D eigenvalue weighted by molar-refractivity contribution is 5.85. The molecule has 5 heteroatoms. The maximum atomic E-state index is 10.4. The van der Waals surface area contributed by atoms with Crippen LogP contribution in [0.3, 0.4) is 0 Å². The molecule has 0 heterocycles. The van der Waals surface area contributed by atoms with Crippen molar-refractivity contribution in [1.29, 1.82) is 0 Å². The van der Waals surface area contributed by atoms with Crippen LogP contribution in [0.1, 0.15) is 11.1 Å². The first-order valence-corrected chi connectivity index (χ1v) is 4.48. The molecule has 1 rings (SSSR count). The zero-order valence-corrected chi connectivity index (χ0v) is 9.43. The van der Waals surface area contributed by atoms with E-state index in [9.17, 15) is 4.79 Å². The first kappa shape index (κ1) is 13.7. The number of primary amides is 1. The number of hydrogen-bond acceptors (Lipinski definition) is 2. The number of amides is 2. The number of carbonyl (C=O) groups excluding carboxylic acids is 1. The van der Waals surface area contributed by atoms with Gasteiger partial charge in [0.2, 0.25) is 0 Å². The monoisotopic (exact) mass is 229 g/mol. The Bertz CT molecular complexity index is 300. The largest absolute Gasteiger partial charge is 0.352 e. The van der Waals surface area contributed by atoms with Crippen LogP contribution in [0.15, 0.2) is 24.3 Å². The first-order valence-electron chi connectivity index (χ1n) is 4.48. The molecule has 0 bridgehead atoms. The Kier molecular flexibility index (Phi) is 6.49. The van der Waals surface area contributed by atoms with E-state index in [2.05, 4.69) is 10.6 Å². The molecule has 0 atom stereocenters. The van der Waals surface area contributed by atoms with Crippen LogP contribution >= 0.6 is 12.4 Å². The Morgan fingerprint density at radius 2 is 1.67 bits per heavy atom. The molecule has 84 valence electrons. The number of rotatable bonds is 4. The topological polar surface area (TPSA) is 67.2 Å². The highest BCUT2D eigenvalue weighted by atomic mass is 35.5. The van der Waals surface area contributed by atoms with Crippen LogP contribution in [-0.4, -0.2) is 13.1 Å². The van der Waals surface area contributed by atoms with Crippen LogP contribution in [0.4, 0.5) is 4.79 Å². The number of benzene rings is 1. The molecule has 2 amide bonds. The Morgan fingerprint density at radius 1 is 1.20 bits per heavy atom. The van der Waals surface area contributed by atoms with E-state index in [0.717, 1.165) is 12.1 Å². The van der Waals surface area contributed by atoms with E-state index in [1.165, 1.54) is 5.56 Å². The molecule has 0 spiro atoms. The van der Waals surface area contributed by atoms with Crippen molar-refractivity contribution in [3.8, 4) is 0 Å². The van der Waals surface area contributed by atoms with E-state index < -0.39 is 6.03 Å². The third-order valence-corrected chi connectivity index (χ3v) is 1.87. The first-order chi connectivity index (χ1) is 6.72. The summed E-state index contributed by atoms with van der Waals surface area (Å²) in [4.78, 5) is 10.4. The molecule has 0 fully saturated rings. The summed E-state index contributed by atoms with van der Waals surface area (Å²) in [5.74, 6) is 0. The fraction of sp³-hybridized carbons (Fsp3) is 0.300. The number of halogens is 1. The van der Waals surface area contributed by atoms with Gasteiger partial charge in [-0.15, -0.1) is 12.4 Å². The maximum absolute atomic E-state index is 10.4. The van der Waals surface area contributed by atoms with Crippen LogP contribution in [-0.2, 0) is 13.1 Å². The van der Waals surface area contributed by atoms with Crippen LogP contribution in [0.2, 0.25) is 0 Å². The number of urea groups is 1. The Labute approximate surface area is 95.6 Å². The summed E-state index contributed by atoms with van der Waals surface area (Å²) < 4.78 is 0. The Balaban J connectivity index is 0.00000196. The molecule has 0 aliphatic carbocycles. The van der Waals surface area contributed by atoms with Crippen LogP contribution in [0.5, 0.6) is 0 Å². The smallest absolute Gasteiger partial charge is 0.312 e. The zero-order chi connectivity index (χ0) is 10.4. The van der Waals surface area contributed by atoms with Gasteiger partial charge in [0, 0.05) is 13.1 Å². The molecule has 0 aliphatic rings. The lowest BCUT2D eigenvalue weighted by molar-refractivity contribution is 0.248. The van der Waals surface area contributed by atoms with E-state index in [0.29, 0.717) is 6.54 Å². The van der Waals surface area contributed by atoms with Crippen molar-refractivity contribution in [2.24, 2.45) is 5.73 Å². The van der Waals surface area contributed by atoms with Gasteiger partial charge in [-0.05, 0) is 18.2 Å². The molecular weight excluding hydrogens is 214 g/mol. The number of nitrogens with one attached hydrogen (secondary N) is 2. The van der Waals surface area contributed by atoms with Crippen molar-refractivity contribution in [3.05, 3.63) is 35.4 Å². The summed E-state index contributed by atoms with van der Waals surface area (Å²) in [6.45, 7) is 1.33. The van der Waals surface area contributed by atoms with Crippen molar-refractivity contribution in [1.82, 2.24) is 10.6 Å². The van der Waals surface area contributed by atoms with Gasteiger partial charge in [-0.2, -0.15) is 0 Å². The third kappa shape index (κ3) is 5.24. The van der Waals surface area contributed by atoms with E-state index in [1.807, 2.05) is 31.3 Å². The molecule has 4 nitrogen and oxygen atoms in total. The predicted octanol–water partition coefficient (Wildman–Crippen LogP) is 0.996. The van der Waals surface area contributed by atoms with Crippen LogP contribution in [0.25, 0.3) is 0 Å². The normalized spacial score (nSPS) is 9.13. The average Bonchev–Trinajstić information content (AvgIpc) is 2.17. The number of nitrogens with two attached hydrogens (primary N) is 1. The standard InChI is InChI=1S/C10H15N3O.ClH/c1-12-6-8-2-4-9(5-3-8)7-13-10(11)14;/h2-5,12H,6-7H2,1H3,(H3,11,13,14);1H. The van der Waals surface area contributed by atoms with Gasteiger partial charge in [0.05, 0.1) is 0 Å². The minimum Gasteiger partial charge on any atom is -0.352 e. The van der Waals surface area contributed by atoms with E-state index in [-0.39, 0.29) is 12.4 Å². The molecule has 0 unspecified atom stereocenters. The van der Waals surface area contributed by atoms with Crippen molar-refractivity contribution in [2.45, 2.75) is 13.1 Å². The van der Waals surface area contributed by atoms with Gasteiger partial charge < -0.3 is 16.4 Å². The van der Waals surface area contributed by atoms with Crippen LogP contribution < -0.4 is 16.4 Å². The second-order valence-corrected chi connectivity index (χ2v) is 3.06. The summed E-state index contributed by atoms with van der Waals surface area (Å²) in [6.07, 6.45) is 0. The lowest BCUT2D eigenvalue weighted by Gasteiger charge is -2.04. The lowest BCUT2D eigenvalue weighted by Crippen LogP contribution is -2.28. The van der Waals surface area contributed by atoms with Crippen LogP contribution in [0, 0.1) is 0 Å². The highest BCUT2D eigenvalue weighted by Crippen LogP contribution is 2.03. The Hall–Kier alpha value is -1.26. The number of hydrogen-bond donors (Lipinski definition) is 3. The average molecular weight is 230 g/mol. The highest BCUT2D eigenvalue weighted by Gasteiger charge is 1.95. The van der Waals surface area contributed by atoms with Gasteiger partial charge >= 0.3 is 6.03 Å². The predicted molar refractivity (Wildman–Crippen MR) is 62.9 cm³/mol. The molecule has 1 aromatic rings. The molecule has 0 saturated carbocycles. The Morgan fingerprint density at radius 3 is 2.07 bits per heavy atom. The van der Waals surface area contributed by atoms with Gasteiger partial charge in [0.25, 0.3) is 0 Å². The SMILES string of the molecule is CNCc1ccc(CNC(N)=O)cc1.Cl. The second kappa shape index (κ2) is 7.09.